The minimum absolute atomic E-state index is 0.0286. The van der Waals surface area contributed by atoms with Gasteiger partial charge in [-0.1, -0.05) is 36.8 Å². The highest BCUT2D eigenvalue weighted by Gasteiger charge is 2.36. The van der Waals surface area contributed by atoms with Gasteiger partial charge in [-0.15, -0.1) is 0 Å². The number of hydrogen-bond acceptors (Lipinski definition) is 3. The number of rotatable bonds is 7. The molecule has 0 aliphatic carbocycles. The van der Waals surface area contributed by atoms with E-state index < -0.39 is 6.04 Å². The smallest absolute Gasteiger partial charge is 0.243 e. The third kappa shape index (κ3) is 4.55. The molecule has 1 fully saturated rings. The maximum Gasteiger partial charge on any atom is 0.243 e. The molecule has 0 aromatic heterocycles. The molecule has 1 heterocycles. The van der Waals surface area contributed by atoms with Crippen molar-refractivity contribution in [2.24, 2.45) is 0 Å². The number of aryl methyl sites for hydroxylation is 1. The van der Waals surface area contributed by atoms with E-state index in [0.717, 1.165) is 12.0 Å². The molecule has 2 rings (SSSR count). The maximum absolute atomic E-state index is 12.5. The van der Waals surface area contributed by atoms with Crippen LogP contribution in [-0.4, -0.2) is 40.5 Å². The second-order valence-corrected chi connectivity index (χ2v) is 6.19. The maximum atomic E-state index is 12.5. The van der Waals surface area contributed by atoms with E-state index in [4.69, 9.17) is 5.11 Å². The first-order valence-electron chi connectivity index (χ1n) is 8.31. The van der Waals surface area contributed by atoms with E-state index in [1.807, 2.05) is 38.1 Å². The zero-order valence-electron chi connectivity index (χ0n) is 13.9. The molecule has 5 heteroatoms. The fraction of sp³-hybridized carbons (Fsp3) is 0.556. The van der Waals surface area contributed by atoms with Gasteiger partial charge in [0.05, 0.1) is 0 Å². The summed E-state index contributed by atoms with van der Waals surface area (Å²) in [4.78, 5) is 26.3. The molecule has 1 aliphatic heterocycles. The minimum Gasteiger partial charge on any atom is -0.396 e. The van der Waals surface area contributed by atoms with Gasteiger partial charge in [0.15, 0.2) is 0 Å². The van der Waals surface area contributed by atoms with Crippen LogP contribution in [0.3, 0.4) is 0 Å². The summed E-state index contributed by atoms with van der Waals surface area (Å²) >= 11 is 0. The monoisotopic (exact) mass is 318 g/mol. The van der Waals surface area contributed by atoms with Crippen molar-refractivity contribution < 1.29 is 14.7 Å². The topological polar surface area (TPSA) is 69.6 Å². The van der Waals surface area contributed by atoms with Gasteiger partial charge in [-0.3, -0.25) is 9.59 Å². The number of amides is 2. The first kappa shape index (κ1) is 17.5. The summed E-state index contributed by atoms with van der Waals surface area (Å²) in [5.41, 5.74) is 2.21. The average molecular weight is 318 g/mol. The molecule has 1 aromatic carbocycles. The summed E-state index contributed by atoms with van der Waals surface area (Å²) in [5, 5.41) is 12.0. The van der Waals surface area contributed by atoms with Crippen LogP contribution in [0.15, 0.2) is 24.3 Å². The lowest BCUT2D eigenvalue weighted by Crippen LogP contribution is -2.47. The highest BCUT2D eigenvalue weighted by Crippen LogP contribution is 2.22. The van der Waals surface area contributed by atoms with E-state index in [9.17, 15) is 9.59 Å². The first-order chi connectivity index (χ1) is 11.0. The van der Waals surface area contributed by atoms with E-state index in [1.165, 1.54) is 5.56 Å². The largest absolute Gasteiger partial charge is 0.396 e. The molecular formula is C18H26N2O3. The number of benzene rings is 1. The van der Waals surface area contributed by atoms with Crippen molar-refractivity contribution in [1.82, 2.24) is 10.2 Å². The number of nitrogens with one attached hydrogen (secondary N) is 1. The Balaban J connectivity index is 2.03. The third-order valence-corrected chi connectivity index (χ3v) is 4.42. The molecule has 5 nitrogen and oxygen atoms in total. The second kappa shape index (κ2) is 8.11. The van der Waals surface area contributed by atoms with Crippen molar-refractivity contribution in [3.05, 3.63) is 35.4 Å². The predicted octanol–water partition coefficient (Wildman–Crippen LogP) is 1.76. The Hall–Kier alpha value is -1.88. The first-order valence-corrected chi connectivity index (χ1v) is 8.31. The van der Waals surface area contributed by atoms with E-state index in [-0.39, 0.29) is 24.5 Å². The van der Waals surface area contributed by atoms with Crippen LogP contribution in [0.25, 0.3) is 0 Å². The molecule has 126 valence electrons. The van der Waals surface area contributed by atoms with Crippen LogP contribution in [0.1, 0.15) is 43.7 Å². The Morgan fingerprint density at radius 3 is 2.70 bits per heavy atom. The van der Waals surface area contributed by atoms with Gasteiger partial charge >= 0.3 is 0 Å². The number of carbonyl (C=O) groups is 2. The Morgan fingerprint density at radius 1 is 1.39 bits per heavy atom. The van der Waals surface area contributed by atoms with Gasteiger partial charge in [-0.2, -0.15) is 0 Å². The summed E-state index contributed by atoms with van der Waals surface area (Å²) in [5.74, 6) is -0.0795. The molecular weight excluding hydrogens is 292 g/mol. The number of likely N-dealkylation sites (tertiary alicyclic amines) is 1. The number of aliphatic hydroxyl groups is 1. The molecule has 0 radical (unpaired) electrons. The molecule has 0 spiro atoms. The molecule has 2 amide bonds. The molecule has 2 unspecified atom stereocenters. The highest BCUT2D eigenvalue weighted by atomic mass is 16.3. The molecule has 2 atom stereocenters. The van der Waals surface area contributed by atoms with E-state index in [1.54, 1.807) is 4.90 Å². The Bertz CT molecular complexity index is 542. The predicted molar refractivity (Wildman–Crippen MR) is 88.7 cm³/mol. The summed E-state index contributed by atoms with van der Waals surface area (Å²) in [6.45, 7) is 4.51. The lowest BCUT2D eigenvalue weighted by Gasteiger charge is -2.26. The number of carbonyl (C=O) groups excluding carboxylic acids is 2. The van der Waals surface area contributed by atoms with Crippen LogP contribution in [0, 0.1) is 6.92 Å². The molecule has 0 bridgehead atoms. The minimum atomic E-state index is -0.406. The van der Waals surface area contributed by atoms with Gasteiger partial charge in [0, 0.05) is 25.6 Å². The van der Waals surface area contributed by atoms with Crippen molar-refractivity contribution in [2.75, 3.05) is 6.61 Å². The molecule has 0 saturated carbocycles. The zero-order valence-corrected chi connectivity index (χ0v) is 13.9. The van der Waals surface area contributed by atoms with Gasteiger partial charge < -0.3 is 15.3 Å². The summed E-state index contributed by atoms with van der Waals surface area (Å²) in [7, 11) is 0. The Kier molecular flexibility index (Phi) is 6.16. The molecule has 1 aliphatic rings. The quantitative estimate of drug-likeness (QED) is 0.805. The van der Waals surface area contributed by atoms with Gasteiger partial charge in [-0.25, -0.2) is 0 Å². The van der Waals surface area contributed by atoms with Gasteiger partial charge in [0.25, 0.3) is 0 Å². The molecule has 2 N–H and O–H groups in total. The van der Waals surface area contributed by atoms with Crippen LogP contribution in [0.2, 0.25) is 0 Å². The number of aliphatic hydroxyl groups excluding tert-OH is 1. The molecule has 1 aromatic rings. The van der Waals surface area contributed by atoms with Crippen LogP contribution in [0.5, 0.6) is 0 Å². The van der Waals surface area contributed by atoms with E-state index in [0.29, 0.717) is 25.8 Å². The summed E-state index contributed by atoms with van der Waals surface area (Å²) in [6, 6.07) is 7.58. The number of hydrogen-bond donors (Lipinski definition) is 2. The lowest BCUT2D eigenvalue weighted by molar-refractivity contribution is -0.136. The van der Waals surface area contributed by atoms with Crippen LogP contribution < -0.4 is 5.32 Å². The van der Waals surface area contributed by atoms with Crippen molar-refractivity contribution in [1.29, 1.82) is 0 Å². The Labute approximate surface area is 137 Å². The Morgan fingerprint density at radius 2 is 2.09 bits per heavy atom. The lowest BCUT2D eigenvalue weighted by atomic mass is 10.1. The fourth-order valence-corrected chi connectivity index (χ4v) is 2.93. The molecule has 1 saturated heterocycles. The van der Waals surface area contributed by atoms with Crippen molar-refractivity contribution in [2.45, 2.75) is 58.2 Å². The highest BCUT2D eigenvalue weighted by molar-refractivity contribution is 5.91. The summed E-state index contributed by atoms with van der Waals surface area (Å²) in [6.07, 6.45) is 2.29. The van der Waals surface area contributed by atoms with E-state index >= 15 is 0 Å². The van der Waals surface area contributed by atoms with Crippen LogP contribution >= 0.6 is 0 Å². The second-order valence-electron chi connectivity index (χ2n) is 6.19. The standard InChI is InChI=1S/C18H26N2O3/c1-3-15(10-11-21)19-18(23)16-8-9-17(22)20(16)12-14-6-4-13(2)5-7-14/h4-7,15-16,21H,3,8-12H2,1-2H3,(H,19,23). The zero-order chi connectivity index (χ0) is 16.8. The van der Waals surface area contributed by atoms with Crippen molar-refractivity contribution in [3.8, 4) is 0 Å². The van der Waals surface area contributed by atoms with Gasteiger partial charge in [0.2, 0.25) is 11.8 Å². The van der Waals surface area contributed by atoms with Gasteiger partial charge in [0.1, 0.15) is 6.04 Å². The van der Waals surface area contributed by atoms with Crippen LogP contribution in [0.4, 0.5) is 0 Å². The van der Waals surface area contributed by atoms with Crippen molar-refractivity contribution in [3.63, 3.8) is 0 Å². The SMILES string of the molecule is CCC(CCO)NC(=O)C1CCC(=O)N1Cc1ccc(C)cc1. The fourth-order valence-electron chi connectivity index (χ4n) is 2.93. The summed E-state index contributed by atoms with van der Waals surface area (Å²) < 4.78 is 0. The van der Waals surface area contributed by atoms with E-state index in [2.05, 4.69) is 5.32 Å². The normalized spacial score (nSPS) is 19.0. The van der Waals surface area contributed by atoms with Crippen molar-refractivity contribution >= 4 is 11.8 Å². The third-order valence-electron chi connectivity index (χ3n) is 4.42. The number of nitrogens with zero attached hydrogens (tertiary/aromatic N) is 1. The van der Waals surface area contributed by atoms with Gasteiger partial charge in [-0.05, 0) is 31.7 Å². The van der Waals surface area contributed by atoms with Crippen LogP contribution in [-0.2, 0) is 16.1 Å². The molecule has 23 heavy (non-hydrogen) atoms. The average Bonchev–Trinajstić information content (AvgIpc) is 2.90.